The lowest BCUT2D eigenvalue weighted by Gasteiger charge is -2.16. The summed E-state index contributed by atoms with van der Waals surface area (Å²) >= 11 is 0. The summed E-state index contributed by atoms with van der Waals surface area (Å²) in [5.74, 6) is -3.25. The molecule has 11 nitrogen and oxygen atoms in total. The number of amides is 3. The van der Waals surface area contributed by atoms with Crippen molar-refractivity contribution in [3.63, 3.8) is 0 Å². The number of hydrogen-bond donors (Lipinski definition) is 2. The number of anilines is 1. The van der Waals surface area contributed by atoms with Crippen molar-refractivity contribution in [1.29, 1.82) is 0 Å². The second kappa shape index (κ2) is 9.69. The van der Waals surface area contributed by atoms with E-state index in [1.54, 1.807) is 43.3 Å². The van der Waals surface area contributed by atoms with Crippen LogP contribution >= 0.6 is 0 Å². The fourth-order valence-corrected chi connectivity index (χ4v) is 3.16. The van der Waals surface area contributed by atoms with E-state index in [1.165, 1.54) is 17.0 Å². The maximum absolute atomic E-state index is 12.3. The second-order valence-electron chi connectivity index (χ2n) is 7.11. The molecule has 3 rings (SSSR count). The number of nitro benzene ring substituents is 1. The molecule has 0 unspecified atom stereocenters. The number of rotatable bonds is 6. The third-order valence-corrected chi connectivity index (χ3v) is 4.86. The Morgan fingerprint density at radius 3 is 2.56 bits per heavy atom. The van der Waals surface area contributed by atoms with Crippen LogP contribution in [0.5, 0.6) is 0 Å². The van der Waals surface area contributed by atoms with Crippen LogP contribution in [0.3, 0.4) is 0 Å². The van der Waals surface area contributed by atoms with Gasteiger partial charge in [0.2, 0.25) is 5.91 Å². The monoisotopic (exact) mass is 440 g/mol. The summed E-state index contributed by atoms with van der Waals surface area (Å²) in [5.41, 5.74) is 5.30. The summed E-state index contributed by atoms with van der Waals surface area (Å²) in [6.07, 6.45) is -0.146. The van der Waals surface area contributed by atoms with Gasteiger partial charge in [-0.2, -0.15) is 0 Å². The molecule has 2 aromatic rings. The lowest BCUT2D eigenvalue weighted by atomic mass is 10.1. The van der Waals surface area contributed by atoms with Gasteiger partial charge in [-0.25, -0.2) is 0 Å². The van der Waals surface area contributed by atoms with Crippen LogP contribution in [-0.2, 0) is 19.1 Å². The molecule has 3 amide bonds. The van der Waals surface area contributed by atoms with Crippen LogP contribution in [-0.4, -0.2) is 41.8 Å². The molecule has 1 aliphatic heterocycles. The Balaban J connectivity index is 1.50. The quantitative estimate of drug-likeness (QED) is 0.390. The van der Waals surface area contributed by atoms with Crippen LogP contribution < -0.4 is 15.8 Å². The number of nitro groups is 1. The van der Waals surface area contributed by atoms with Crippen LogP contribution in [0.25, 0.3) is 0 Å². The highest BCUT2D eigenvalue weighted by Crippen LogP contribution is 2.30. The predicted molar refractivity (Wildman–Crippen MR) is 111 cm³/mol. The topological polar surface area (TPSA) is 148 Å². The highest BCUT2D eigenvalue weighted by Gasteiger charge is 2.37. The SMILES string of the molecule is Cc1ccc(N2C[C@@H](C(=O)OCC(=O)NNC(=O)c3ccccc3)CC2=O)cc1[N+](=O)[O-]. The van der Waals surface area contributed by atoms with Gasteiger partial charge >= 0.3 is 5.97 Å². The second-order valence-corrected chi connectivity index (χ2v) is 7.11. The summed E-state index contributed by atoms with van der Waals surface area (Å²) in [6.45, 7) is 0.917. The molecule has 1 saturated heterocycles. The van der Waals surface area contributed by atoms with Crippen molar-refractivity contribution in [2.45, 2.75) is 13.3 Å². The van der Waals surface area contributed by atoms with E-state index in [9.17, 15) is 29.3 Å². The summed E-state index contributed by atoms with van der Waals surface area (Å²) in [4.78, 5) is 60.2. The average Bonchev–Trinajstić information content (AvgIpc) is 3.18. The van der Waals surface area contributed by atoms with Crippen molar-refractivity contribution >= 4 is 35.1 Å². The molecule has 166 valence electrons. The first-order chi connectivity index (χ1) is 15.3. The van der Waals surface area contributed by atoms with Crippen LogP contribution in [0.2, 0.25) is 0 Å². The smallest absolute Gasteiger partial charge is 0.311 e. The van der Waals surface area contributed by atoms with Crippen LogP contribution in [0.1, 0.15) is 22.3 Å². The van der Waals surface area contributed by atoms with E-state index < -0.39 is 35.2 Å². The summed E-state index contributed by atoms with van der Waals surface area (Å²) < 4.78 is 4.95. The predicted octanol–water partition coefficient (Wildman–Crippen LogP) is 1.26. The molecule has 0 bridgehead atoms. The average molecular weight is 440 g/mol. The number of aryl methyl sites for hydroxylation is 1. The Hall–Kier alpha value is -4.28. The Labute approximate surface area is 182 Å². The van der Waals surface area contributed by atoms with E-state index in [4.69, 9.17) is 4.74 Å². The Morgan fingerprint density at radius 1 is 1.16 bits per heavy atom. The number of nitrogens with one attached hydrogen (secondary N) is 2. The first-order valence-corrected chi connectivity index (χ1v) is 9.62. The van der Waals surface area contributed by atoms with Crippen molar-refractivity contribution in [2.24, 2.45) is 5.92 Å². The molecule has 1 heterocycles. The number of nitrogens with zero attached hydrogens (tertiary/aromatic N) is 2. The molecule has 0 spiro atoms. The van der Waals surface area contributed by atoms with E-state index in [0.717, 1.165) is 0 Å². The molecular weight excluding hydrogens is 420 g/mol. The van der Waals surface area contributed by atoms with Gasteiger partial charge in [0.05, 0.1) is 16.5 Å². The summed E-state index contributed by atoms with van der Waals surface area (Å²) in [6, 6.07) is 12.6. The molecule has 11 heteroatoms. The Morgan fingerprint density at radius 2 is 1.88 bits per heavy atom. The van der Waals surface area contributed by atoms with Crippen molar-refractivity contribution in [2.75, 3.05) is 18.1 Å². The molecule has 0 aliphatic carbocycles. The van der Waals surface area contributed by atoms with E-state index in [2.05, 4.69) is 10.9 Å². The third-order valence-electron chi connectivity index (χ3n) is 4.86. The molecule has 1 fully saturated rings. The largest absolute Gasteiger partial charge is 0.455 e. The fourth-order valence-electron chi connectivity index (χ4n) is 3.16. The number of esters is 1. The zero-order valence-electron chi connectivity index (χ0n) is 17.1. The molecular formula is C21H20N4O7. The zero-order valence-corrected chi connectivity index (χ0v) is 17.1. The molecule has 0 aromatic heterocycles. The maximum atomic E-state index is 12.3. The minimum Gasteiger partial charge on any atom is -0.455 e. The highest BCUT2D eigenvalue weighted by atomic mass is 16.6. The van der Waals surface area contributed by atoms with Crippen molar-refractivity contribution in [3.8, 4) is 0 Å². The minimum atomic E-state index is -0.824. The van der Waals surface area contributed by atoms with Gasteiger partial charge < -0.3 is 9.64 Å². The van der Waals surface area contributed by atoms with Gasteiger partial charge in [-0.3, -0.25) is 40.1 Å². The number of hydrazine groups is 1. The number of benzene rings is 2. The first-order valence-electron chi connectivity index (χ1n) is 9.62. The van der Waals surface area contributed by atoms with Crippen LogP contribution in [0.4, 0.5) is 11.4 Å². The van der Waals surface area contributed by atoms with Gasteiger partial charge in [-0.15, -0.1) is 0 Å². The van der Waals surface area contributed by atoms with E-state index in [-0.39, 0.29) is 24.6 Å². The summed E-state index contributed by atoms with van der Waals surface area (Å²) in [7, 11) is 0. The Bertz CT molecular complexity index is 1070. The lowest BCUT2D eigenvalue weighted by Crippen LogP contribution is -2.43. The lowest BCUT2D eigenvalue weighted by molar-refractivity contribution is -0.385. The normalized spacial score (nSPS) is 15.2. The number of ether oxygens (including phenoxy) is 1. The molecule has 1 atom stereocenters. The standard InChI is InChI=1S/C21H20N4O7/c1-13-7-8-16(10-17(13)25(30)31)24-11-15(9-19(24)27)21(29)32-12-18(26)22-23-20(28)14-5-3-2-4-6-14/h2-8,10,15H,9,11-12H2,1H3,(H,22,26)(H,23,28)/t15-/m0/s1. The molecule has 2 N–H and O–H groups in total. The van der Waals surface area contributed by atoms with Gasteiger partial charge in [-0.05, 0) is 25.1 Å². The molecule has 2 aromatic carbocycles. The van der Waals surface area contributed by atoms with Crippen LogP contribution in [0.15, 0.2) is 48.5 Å². The molecule has 0 radical (unpaired) electrons. The fraction of sp³-hybridized carbons (Fsp3) is 0.238. The zero-order chi connectivity index (χ0) is 23.3. The van der Waals surface area contributed by atoms with Crippen molar-refractivity contribution < 1.29 is 28.8 Å². The third kappa shape index (κ3) is 5.25. The Kier molecular flexibility index (Phi) is 6.78. The van der Waals surface area contributed by atoms with E-state index in [0.29, 0.717) is 16.8 Å². The van der Waals surface area contributed by atoms with Crippen molar-refractivity contribution in [3.05, 3.63) is 69.8 Å². The molecule has 32 heavy (non-hydrogen) atoms. The van der Waals surface area contributed by atoms with E-state index in [1.807, 2.05) is 0 Å². The van der Waals surface area contributed by atoms with Gasteiger partial charge in [0, 0.05) is 30.2 Å². The number of carbonyl (C=O) groups excluding carboxylic acids is 4. The molecule has 0 saturated carbocycles. The van der Waals surface area contributed by atoms with Gasteiger partial charge in [0.15, 0.2) is 6.61 Å². The van der Waals surface area contributed by atoms with Crippen molar-refractivity contribution in [1.82, 2.24) is 10.9 Å². The number of hydrogen-bond acceptors (Lipinski definition) is 7. The van der Waals surface area contributed by atoms with Crippen LogP contribution in [0, 0.1) is 23.0 Å². The molecule has 1 aliphatic rings. The van der Waals surface area contributed by atoms with Gasteiger partial charge in [0.1, 0.15) is 0 Å². The highest BCUT2D eigenvalue weighted by molar-refractivity contribution is 6.00. The first kappa shape index (κ1) is 22.4. The minimum absolute atomic E-state index is 0.0236. The van der Waals surface area contributed by atoms with Gasteiger partial charge in [0.25, 0.3) is 17.5 Å². The number of carbonyl (C=O) groups is 4. The summed E-state index contributed by atoms with van der Waals surface area (Å²) in [5, 5.41) is 11.1. The maximum Gasteiger partial charge on any atom is 0.311 e. The van der Waals surface area contributed by atoms with Gasteiger partial charge in [-0.1, -0.05) is 24.3 Å². The van der Waals surface area contributed by atoms with E-state index >= 15 is 0 Å².